The minimum absolute atomic E-state index is 0.0901. The van der Waals surface area contributed by atoms with E-state index in [1.54, 1.807) is 42.5 Å². The van der Waals surface area contributed by atoms with Crippen LogP contribution in [-0.2, 0) is 9.98 Å². The lowest BCUT2D eigenvalue weighted by Crippen LogP contribution is -2.12. The van der Waals surface area contributed by atoms with E-state index in [-0.39, 0.29) is 11.2 Å². The van der Waals surface area contributed by atoms with Gasteiger partial charge in [0, 0.05) is 5.56 Å². The monoisotopic (exact) mass is 382 g/mol. The summed E-state index contributed by atoms with van der Waals surface area (Å²) in [6.45, 7) is 6.39. The summed E-state index contributed by atoms with van der Waals surface area (Å²) in [5.74, 6) is 0.576. The fraction of sp³-hybridized carbons (Fsp3) is 0.182. The number of benzene rings is 3. The summed E-state index contributed by atoms with van der Waals surface area (Å²) in [5.41, 5.74) is 2.74. The third-order valence-electron chi connectivity index (χ3n) is 4.09. The van der Waals surface area contributed by atoms with Gasteiger partial charge < -0.3 is 9.05 Å². The first-order chi connectivity index (χ1) is 12.8. The van der Waals surface area contributed by atoms with Gasteiger partial charge in [-0.05, 0) is 34.7 Å². The van der Waals surface area contributed by atoms with E-state index < -0.39 is 7.82 Å². The van der Waals surface area contributed by atoms with E-state index in [0.29, 0.717) is 5.75 Å². The molecule has 5 heteroatoms. The highest BCUT2D eigenvalue weighted by atomic mass is 31.2. The molecule has 1 unspecified atom stereocenters. The summed E-state index contributed by atoms with van der Waals surface area (Å²) >= 11 is 0. The van der Waals surface area contributed by atoms with Crippen molar-refractivity contribution in [2.75, 3.05) is 0 Å². The third-order valence-corrected chi connectivity index (χ3v) is 4.96. The molecule has 3 rings (SSSR count). The van der Waals surface area contributed by atoms with Crippen LogP contribution in [0, 0.1) is 0 Å². The highest BCUT2D eigenvalue weighted by Gasteiger charge is 2.27. The lowest BCUT2D eigenvalue weighted by atomic mass is 9.82. The lowest BCUT2D eigenvalue weighted by molar-refractivity contribution is 0.291. The Bertz CT molecular complexity index is 961. The van der Waals surface area contributed by atoms with Crippen LogP contribution in [0.3, 0.4) is 0 Å². The van der Waals surface area contributed by atoms with Crippen LogP contribution in [0.15, 0.2) is 78.9 Å². The first-order valence-electron chi connectivity index (χ1n) is 8.72. The Hall–Kier alpha value is -2.55. The molecular formula is C22H23O4P. The van der Waals surface area contributed by atoms with Gasteiger partial charge in [-0.3, -0.25) is 4.89 Å². The smallest absolute Gasteiger partial charge is 0.395 e. The quantitative estimate of drug-likeness (QED) is 0.533. The number of hydrogen-bond donors (Lipinski definition) is 1. The van der Waals surface area contributed by atoms with Gasteiger partial charge in [-0.15, -0.1) is 0 Å². The molecule has 27 heavy (non-hydrogen) atoms. The highest BCUT2D eigenvalue weighted by Crippen LogP contribution is 2.47. The summed E-state index contributed by atoms with van der Waals surface area (Å²) in [6, 6.07) is 23.6. The van der Waals surface area contributed by atoms with E-state index in [9.17, 15) is 9.46 Å². The Balaban J connectivity index is 1.97. The van der Waals surface area contributed by atoms with E-state index in [4.69, 9.17) is 9.05 Å². The van der Waals surface area contributed by atoms with Crippen LogP contribution in [-0.4, -0.2) is 4.89 Å². The largest absolute Gasteiger partial charge is 0.584 e. The molecule has 1 N–H and O–H groups in total. The van der Waals surface area contributed by atoms with E-state index >= 15 is 0 Å². The van der Waals surface area contributed by atoms with Crippen LogP contribution in [0.5, 0.6) is 11.5 Å². The molecule has 0 amide bonds. The maximum absolute atomic E-state index is 12.5. The van der Waals surface area contributed by atoms with E-state index in [1.165, 1.54) is 0 Å². The highest BCUT2D eigenvalue weighted by molar-refractivity contribution is 7.48. The molecule has 0 aromatic heterocycles. The van der Waals surface area contributed by atoms with Crippen LogP contribution in [0.1, 0.15) is 26.3 Å². The van der Waals surface area contributed by atoms with Crippen LogP contribution >= 0.6 is 7.82 Å². The van der Waals surface area contributed by atoms with Crippen molar-refractivity contribution in [1.82, 2.24) is 0 Å². The zero-order valence-corrected chi connectivity index (χ0v) is 16.5. The molecule has 1 atom stereocenters. The van der Waals surface area contributed by atoms with Crippen molar-refractivity contribution in [3.8, 4) is 22.6 Å². The number of rotatable bonds is 5. The Morgan fingerprint density at radius 1 is 0.741 bits per heavy atom. The van der Waals surface area contributed by atoms with Gasteiger partial charge in [0.25, 0.3) is 0 Å². The van der Waals surface area contributed by atoms with Gasteiger partial charge in [-0.1, -0.05) is 81.4 Å². The minimum Gasteiger partial charge on any atom is -0.395 e. The second kappa shape index (κ2) is 7.59. The maximum Gasteiger partial charge on any atom is 0.584 e. The molecule has 0 heterocycles. The summed E-state index contributed by atoms with van der Waals surface area (Å²) in [4.78, 5) is 10.2. The molecule has 0 bridgehead atoms. The number of phosphoric acid groups is 1. The number of para-hydroxylation sites is 2. The van der Waals surface area contributed by atoms with Gasteiger partial charge in [-0.2, -0.15) is 0 Å². The molecular weight excluding hydrogens is 359 g/mol. The predicted molar refractivity (Wildman–Crippen MR) is 108 cm³/mol. The average molecular weight is 382 g/mol. The normalized spacial score (nSPS) is 13.6. The van der Waals surface area contributed by atoms with Crippen LogP contribution in [0.2, 0.25) is 0 Å². The van der Waals surface area contributed by atoms with Crippen molar-refractivity contribution in [1.29, 1.82) is 0 Å². The van der Waals surface area contributed by atoms with Crippen molar-refractivity contribution < 1.29 is 18.5 Å². The van der Waals surface area contributed by atoms with Gasteiger partial charge in [-0.25, -0.2) is 4.57 Å². The second-order valence-corrected chi connectivity index (χ2v) is 8.56. The molecule has 3 aromatic carbocycles. The minimum atomic E-state index is -4.34. The molecule has 0 aliphatic carbocycles. The Labute approximate surface area is 160 Å². The van der Waals surface area contributed by atoms with Crippen LogP contribution < -0.4 is 9.05 Å². The molecule has 0 aliphatic heterocycles. The summed E-state index contributed by atoms with van der Waals surface area (Å²) in [7, 11) is -4.34. The molecule has 0 radical (unpaired) electrons. The van der Waals surface area contributed by atoms with Crippen LogP contribution in [0.4, 0.5) is 0 Å². The van der Waals surface area contributed by atoms with Crippen molar-refractivity contribution in [3.05, 3.63) is 84.4 Å². The molecule has 3 aromatic rings. The lowest BCUT2D eigenvalue weighted by Gasteiger charge is -2.24. The maximum atomic E-state index is 12.5. The molecule has 0 fully saturated rings. The van der Waals surface area contributed by atoms with E-state index in [0.717, 1.165) is 16.7 Å². The molecule has 140 valence electrons. The van der Waals surface area contributed by atoms with E-state index in [2.05, 4.69) is 26.8 Å². The molecule has 4 nitrogen and oxygen atoms in total. The Kier molecular flexibility index (Phi) is 5.41. The predicted octanol–water partition coefficient (Wildman–Crippen LogP) is 6.21. The van der Waals surface area contributed by atoms with Gasteiger partial charge in [0.05, 0.1) is 0 Å². The third kappa shape index (κ3) is 4.79. The van der Waals surface area contributed by atoms with Crippen molar-refractivity contribution in [2.45, 2.75) is 26.2 Å². The molecule has 0 spiro atoms. The van der Waals surface area contributed by atoms with Crippen LogP contribution in [0.25, 0.3) is 11.1 Å². The van der Waals surface area contributed by atoms with Gasteiger partial charge in [0.2, 0.25) is 0 Å². The first kappa shape index (κ1) is 19.2. The van der Waals surface area contributed by atoms with Gasteiger partial charge >= 0.3 is 7.82 Å². The molecule has 0 saturated carbocycles. The molecule has 0 aliphatic rings. The first-order valence-corrected chi connectivity index (χ1v) is 10.2. The standard InChI is InChI=1S/C22H23O4P/c1-22(2,3)20-15-9-7-13-18(20)19-14-8-10-16-21(19)26-27(23,24)25-17-11-5-4-6-12-17/h4-16H,1-3H3,(H,23,24). The topological polar surface area (TPSA) is 55.8 Å². The van der Waals surface area contributed by atoms with Gasteiger partial charge in [0.1, 0.15) is 11.5 Å². The average Bonchev–Trinajstić information content (AvgIpc) is 2.61. The molecule has 0 saturated heterocycles. The summed E-state index contributed by atoms with van der Waals surface area (Å²) in [5, 5.41) is 0. The van der Waals surface area contributed by atoms with Crippen molar-refractivity contribution in [2.24, 2.45) is 0 Å². The summed E-state index contributed by atoms with van der Waals surface area (Å²) < 4.78 is 23.2. The zero-order chi connectivity index (χ0) is 19.5. The van der Waals surface area contributed by atoms with Crippen molar-refractivity contribution in [3.63, 3.8) is 0 Å². The Morgan fingerprint density at radius 2 is 1.30 bits per heavy atom. The SMILES string of the molecule is CC(C)(C)c1ccccc1-c1ccccc1OP(=O)(O)Oc1ccccc1. The Morgan fingerprint density at radius 3 is 1.96 bits per heavy atom. The fourth-order valence-electron chi connectivity index (χ4n) is 2.90. The summed E-state index contributed by atoms with van der Waals surface area (Å²) in [6.07, 6.45) is 0. The second-order valence-electron chi connectivity index (χ2n) is 7.26. The zero-order valence-electron chi connectivity index (χ0n) is 15.6. The number of hydrogen-bond acceptors (Lipinski definition) is 3. The fourth-order valence-corrected chi connectivity index (χ4v) is 3.73. The van der Waals surface area contributed by atoms with Gasteiger partial charge in [0.15, 0.2) is 0 Å². The van der Waals surface area contributed by atoms with E-state index in [1.807, 2.05) is 30.3 Å². The van der Waals surface area contributed by atoms with Crippen molar-refractivity contribution >= 4 is 7.82 Å². The number of phosphoric ester groups is 1.